The van der Waals surface area contributed by atoms with Gasteiger partial charge < -0.3 is 5.32 Å². The number of aromatic nitrogens is 1. The van der Waals surface area contributed by atoms with E-state index in [1.807, 2.05) is 30.3 Å². The van der Waals surface area contributed by atoms with Crippen molar-refractivity contribution >= 4 is 17.4 Å². The first-order valence-electron chi connectivity index (χ1n) is 6.06. The zero-order valence-electron chi connectivity index (χ0n) is 10.3. The molecule has 2 rings (SSSR count). The van der Waals surface area contributed by atoms with E-state index in [1.165, 1.54) is 11.5 Å². The molecule has 1 aromatic carbocycles. The van der Waals surface area contributed by atoms with E-state index in [1.54, 1.807) is 0 Å². The first kappa shape index (κ1) is 12.6. The number of anilines is 1. The van der Waals surface area contributed by atoms with E-state index >= 15 is 0 Å². The molecule has 1 N–H and O–H groups in total. The van der Waals surface area contributed by atoms with Crippen LogP contribution < -0.4 is 5.32 Å². The van der Waals surface area contributed by atoms with Crippen molar-refractivity contribution in [3.63, 3.8) is 0 Å². The minimum absolute atomic E-state index is 0.655. The highest BCUT2D eigenvalue weighted by Gasteiger charge is 2.14. The minimum atomic E-state index is 0.655. The largest absolute Gasteiger partial charge is 0.368 e. The number of unbranched alkanes of at least 4 members (excludes halogenated alkanes) is 1. The van der Waals surface area contributed by atoms with E-state index in [4.69, 9.17) is 0 Å². The van der Waals surface area contributed by atoms with E-state index < -0.39 is 0 Å². The fraction of sp³-hybridized carbons (Fsp3) is 0.286. The quantitative estimate of drug-likeness (QED) is 0.826. The van der Waals surface area contributed by atoms with Crippen molar-refractivity contribution in [2.45, 2.75) is 19.8 Å². The molecular formula is C14H15N3S. The van der Waals surface area contributed by atoms with Gasteiger partial charge in [0.15, 0.2) is 5.82 Å². The molecule has 0 saturated carbocycles. The smallest absolute Gasteiger partial charge is 0.158 e. The van der Waals surface area contributed by atoms with Crippen LogP contribution in [0.25, 0.3) is 10.4 Å². The summed E-state index contributed by atoms with van der Waals surface area (Å²) >= 11 is 1.38. The Bertz CT molecular complexity index is 540. The molecule has 0 bridgehead atoms. The van der Waals surface area contributed by atoms with Crippen LogP contribution in [-0.4, -0.2) is 10.9 Å². The van der Waals surface area contributed by atoms with Gasteiger partial charge in [-0.15, -0.1) is 0 Å². The fourth-order valence-electron chi connectivity index (χ4n) is 1.68. The summed E-state index contributed by atoms with van der Waals surface area (Å²) in [5, 5.41) is 12.5. The molecule has 92 valence electrons. The molecule has 2 aromatic rings. The van der Waals surface area contributed by atoms with E-state index in [0.717, 1.165) is 35.6 Å². The second kappa shape index (κ2) is 6.18. The lowest BCUT2D eigenvalue weighted by Gasteiger charge is -2.02. The number of hydrogen-bond donors (Lipinski definition) is 1. The molecule has 0 spiro atoms. The zero-order valence-corrected chi connectivity index (χ0v) is 11.1. The van der Waals surface area contributed by atoms with Gasteiger partial charge in [-0.3, -0.25) is 0 Å². The maximum absolute atomic E-state index is 9.28. The number of hydrogen-bond acceptors (Lipinski definition) is 4. The van der Waals surface area contributed by atoms with Gasteiger partial charge in [0, 0.05) is 6.54 Å². The van der Waals surface area contributed by atoms with Crippen molar-refractivity contribution < 1.29 is 0 Å². The molecule has 0 aliphatic heterocycles. The predicted molar refractivity (Wildman–Crippen MR) is 75.7 cm³/mol. The minimum Gasteiger partial charge on any atom is -0.368 e. The SMILES string of the molecule is CCCCNc1nsc(-c2ccccc2)c1C#N. The van der Waals surface area contributed by atoms with Crippen LogP contribution in [0.2, 0.25) is 0 Å². The summed E-state index contributed by atoms with van der Waals surface area (Å²) in [6.07, 6.45) is 2.22. The first-order valence-corrected chi connectivity index (χ1v) is 6.83. The maximum Gasteiger partial charge on any atom is 0.158 e. The molecule has 4 heteroatoms. The van der Waals surface area contributed by atoms with Crippen LogP contribution in [0.4, 0.5) is 5.82 Å². The summed E-state index contributed by atoms with van der Waals surface area (Å²) in [5.74, 6) is 0.717. The predicted octanol–water partition coefficient (Wildman–Crippen LogP) is 3.89. The Hall–Kier alpha value is -1.86. The molecule has 0 aliphatic rings. The lowest BCUT2D eigenvalue weighted by atomic mass is 10.1. The number of nitrogens with one attached hydrogen (secondary N) is 1. The standard InChI is InChI=1S/C14H15N3S/c1-2-3-9-16-14-12(10-15)13(18-17-14)11-7-5-4-6-8-11/h4-8H,2-3,9H2,1H3,(H,16,17). The zero-order chi connectivity index (χ0) is 12.8. The Morgan fingerprint density at radius 3 is 2.78 bits per heavy atom. The van der Waals surface area contributed by atoms with Crippen LogP contribution >= 0.6 is 11.5 Å². The highest BCUT2D eigenvalue weighted by Crippen LogP contribution is 2.32. The van der Waals surface area contributed by atoms with E-state index in [0.29, 0.717) is 5.56 Å². The van der Waals surface area contributed by atoms with Crippen LogP contribution in [0.5, 0.6) is 0 Å². The van der Waals surface area contributed by atoms with Crippen molar-refractivity contribution in [3.8, 4) is 16.5 Å². The molecule has 3 nitrogen and oxygen atoms in total. The summed E-state index contributed by atoms with van der Waals surface area (Å²) in [5.41, 5.74) is 1.71. The summed E-state index contributed by atoms with van der Waals surface area (Å²) in [6, 6.07) is 12.2. The summed E-state index contributed by atoms with van der Waals surface area (Å²) in [7, 11) is 0. The van der Waals surface area contributed by atoms with Crippen molar-refractivity contribution in [2.75, 3.05) is 11.9 Å². The summed E-state index contributed by atoms with van der Waals surface area (Å²) in [4.78, 5) is 0.942. The number of nitrogens with zero attached hydrogens (tertiary/aromatic N) is 2. The maximum atomic E-state index is 9.28. The number of rotatable bonds is 5. The monoisotopic (exact) mass is 257 g/mol. The lowest BCUT2D eigenvalue weighted by molar-refractivity contribution is 0.832. The molecule has 0 unspecified atom stereocenters. The third kappa shape index (κ3) is 2.69. The Morgan fingerprint density at radius 1 is 1.33 bits per heavy atom. The van der Waals surface area contributed by atoms with Gasteiger partial charge >= 0.3 is 0 Å². The molecule has 0 aliphatic carbocycles. The molecule has 0 amide bonds. The van der Waals surface area contributed by atoms with Crippen molar-refractivity contribution in [1.82, 2.24) is 4.37 Å². The van der Waals surface area contributed by atoms with Gasteiger partial charge in [0.25, 0.3) is 0 Å². The molecular weight excluding hydrogens is 242 g/mol. The van der Waals surface area contributed by atoms with Crippen LogP contribution in [0.15, 0.2) is 30.3 Å². The van der Waals surface area contributed by atoms with Crippen molar-refractivity contribution in [1.29, 1.82) is 5.26 Å². The second-order valence-corrected chi connectivity index (χ2v) is 4.77. The Kier molecular flexibility index (Phi) is 4.32. The number of nitriles is 1. The van der Waals surface area contributed by atoms with Crippen LogP contribution in [-0.2, 0) is 0 Å². The molecule has 1 aromatic heterocycles. The third-order valence-electron chi connectivity index (χ3n) is 2.66. The van der Waals surface area contributed by atoms with Gasteiger partial charge in [0.2, 0.25) is 0 Å². The molecule has 1 heterocycles. The van der Waals surface area contributed by atoms with E-state index in [2.05, 4.69) is 22.7 Å². The fourth-order valence-corrected chi connectivity index (χ4v) is 2.50. The van der Waals surface area contributed by atoms with E-state index in [9.17, 15) is 5.26 Å². The highest BCUT2D eigenvalue weighted by atomic mass is 32.1. The van der Waals surface area contributed by atoms with Crippen LogP contribution in [0.1, 0.15) is 25.3 Å². The lowest BCUT2D eigenvalue weighted by Crippen LogP contribution is -2.02. The first-order chi connectivity index (χ1) is 8.86. The van der Waals surface area contributed by atoms with Crippen molar-refractivity contribution in [3.05, 3.63) is 35.9 Å². The van der Waals surface area contributed by atoms with Gasteiger partial charge in [-0.25, -0.2) is 0 Å². The van der Waals surface area contributed by atoms with Crippen LogP contribution in [0.3, 0.4) is 0 Å². The summed E-state index contributed by atoms with van der Waals surface area (Å²) < 4.78 is 4.34. The second-order valence-electron chi connectivity index (χ2n) is 3.99. The molecule has 0 saturated heterocycles. The average molecular weight is 257 g/mol. The van der Waals surface area contributed by atoms with Gasteiger partial charge in [-0.2, -0.15) is 9.64 Å². The van der Waals surface area contributed by atoms with Gasteiger partial charge in [-0.05, 0) is 23.5 Å². The van der Waals surface area contributed by atoms with E-state index in [-0.39, 0.29) is 0 Å². The molecule has 0 atom stereocenters. The van der Waals surface area contributed by atoms with Gasteiger partial charge in [0.1, 0.15) is 11.6 Å². The van der Waals surface area contributed by atoms with Gasteiger partial charge in [-0.1, -0.05) is 43.7 Å². The summed E-state index contributed by atoms with van der Waals surface area (Å²) in [6.45, 7) is 3.01. The topological polar surface area (TPSA) is 48.7 Å². The Morgan fingerprint density at radius 2 is 2.11 bits per heavy atom. The third-order valence-corrected chi connectivity index (χ3v) is 3.56. The van der Waals surface area contributed by atoms with Crippen molar-refractivity contribution in [2.24, 2.45) is 0 Å². The van der Waals surface area contributed by atoms with Gasteiger partial charge in [0.05, 0.1) is 4.88 Å². The average Bonchev–Trinajstić information content (AvgIpc) is 2.83. The Balaban J connectivity index is 2.26. The molecule has 18 heavy (non-hydrogen) atoms. The van der Waals surface area contributed by atoms with Crippen LogP contribution in [0, 0.1) is 11.3 Å². The Labute approximate surface area is 111 Å². The molecule has 0 radical (unpaired) electrons. The number of benzene rings is 1. The normalized spacial score (nSPS) is 10.0. The highest BCUT2D eigenvalue weighted by molar-refractivity contribution is 7.10. The molecule has 0 fully saturated rings.